The van der Waals surface area contributed by atoms with E-state index in [-0.39, 0.29) is 0 Å². The van der Waals surface area contributed by atoms with E-state index in [4.69, 9.17) is 5.11 Å². The molecular formula is C6H6O5. The van der Waals surface area contributed by atoms with Crippen molar-refractivity contribution in [3.05, 3.63) is 12.2 Å². The second-order valence-corrected chi connectivity index (χ2v) is 1.53. The van der Waals surface area contributed by atoms with Crippen molar-refractivity contribution in [2.24, 2.45) is 0 Å². The molecule has 0 aliphatic rings. The molecule has 11 heavy (non-hydrogen) atoms. The van der Waals surface area contributed by atoms with Crippen molar-refractivity contribution in [1.29, 1.82) is 0 Å². The molecule has 0 aromatic rings. The fourth-order valence-corrected chi connectivity index (χ4v) is 0.283. The summed E-state index contributed by atoms with van der Waals surface area (Å²) >= 11 is 0. The monoisotopic (exact) mass is 158 g/mol. The van der Waals surface area contributed by atoms with E-state index in [9.17, 15) is 14.4 Å². The molecule has 0 aromatic heterocycles. The lowest BCUT2D eigenvalue weighted by Crippen LogP contribution is -2.09. The largest absolute Gasteiger partial charge is 0.475 e. The second kappa shape index (κ2) is 4.21. The molecule has 0 heterocycles. The molecule has 0 fully saturated rings. The standard InChI is InChI=1S/C6H6O5/c1-11-5(8)3-2-4(7)6(9)10/h2-3H,1H3,(H,9,10)/b3-2+. The highest BCUT2D eigenvalue weighted by atomic mass is 16.5. The number of rotatable bonds is 3. The highest BCUT2D eigenvalue weighted by Crippen LogP contribution is 1.80. The van der Waals surface area contributed by atoms with E-state index >= 15 is 0 Å². The predicted octanol–water partition coefficient (Wildman–Crippen LogP) is -0.631. The summed E-state index contributed by atoms with van der Waals surface area (Å²) in [6, 6.07) is 0. The van der Waals surface area contributed by atoms with Gasteiger partial charge in [0.1, 0.15) is 0 Å². The summed E-state index contributed by atoms with van der Waals surface area (Å²) in [6.45, 7) is 0. The molecular weight excluding hydrogens is 152 g/mol. The highest BCUT2D eigenvalue weighted by Gasteiger charge is 2.06. The summed E-state index contributed by atoms with van der Waals surface area (Å²) in [4.78, 5) is 30.4. The van der Waals surface area contributed by atoms with Crippen molar-refractivity contribution in [2.75, 3.05) is 7.11 Å². The highest BCUT2D eigenvalue weighted by molar-refractivity contribution is 6.37. The Kier molecular flexibility index (Phi) is 3.58. The molecule has 0 saturated heterocycles. The minimum absolute atomic E-state index is 0.633. The zero-order chi connectivity index (χ0) is 8.85. The van der Waals surface area contributed by atoms with Crippen molar-refractivity contribution in [3.8, 4) is 0 Å². The maximum atomic E-state index is 10.3. The third kappa shape index (κ3) is 3.85. The summed E-state index contributed by atoms with van der Waals surface area (Å²) < 4.78 is 4.11. The predicted molar refractivity (Wildman–Crippen MR) is 33.8 cm³/mol. The van der Waals surface area contributed by atoms with Gasteiger partial charge >= 0.3 is 11.9 Å². The molecule has 0 aliphatic heterocycles. The summed E-state index contributed by atoms with van der Waals surface area (Å²) in [5.74, 6) is -3.53. The van der Waals surface area contributed by atoms with Crippen molar-refractivity contribution in [3.63, 3.8) is 0 Å². The molecule has 0 atom stereocenters. The molecule has 0 radical (unpaired) electrons. The van der Waals surface area contributed by atoms with Crippen LogP contribution in [0.4, 0.5) is 0 Å². The smallest absolute Gasteiger partial charge is 0.376 e. The van der Waals surface area contributed by atoms with Gasteiger partial charge in [0.15, 0.2) is 0 Å². The minimum Gasteiger partial charge on any atom is -0.475 e. The summed E-state index contributed by atoms with van der Waals surface area (Å²) in [5, 5.41) is 8.01. The van der Waals surface area contributed by atoms with Crippen molar-refractivity contribution >= 4 is 17.7 Å². The van der Waals surface area contributed by atoms with Crippen LogP contribution in [0.25, 0.3) is 0 Å². The molecule has 0 spiro atoms. The molecule has 1 N–H and O–H groups in total. The van der Waals surface area contributed by atoms with Gasteiger partial charge < -0.3 is 9.84 Å². The van der Waals surface area contributed by atoms with E-state index < -0.39 is 17.7 Å². The zero-order valence-corrected chi connectivity index (χ0v) is 5.73. The topological polar surface area (TPSA) is 80.7 Å². The molecule has 5 heteroatoms. The molecule has 0 bridgehead atoms. The first-order chi connectivity index (χ1) is 5.07. The first-order valence-electron chi connectivity index (χ1n) is 2.61. The van der Waals surface area contributed by atoms with Crippen LogP contribution in [0.5, 0.6) is 0 Å². The summed E-state index contributed by atoms with van der Waals surface area (Å²) in [7, 11) is 1.12. The maximum Gasteiger partial charge on any atom is 0.376 e. The number of aliphatic carboxylic acids is 1. The van der Waals surface area contributed by atoms with Gasteiger partial charge in [-0.3, -0.25) is 4.79 Å². The van der Waals surface area contributed by atoms with E-state index in [1.54, 1.807) is 0 Å². The maximum absolute atomic E-state index is 10.3. The lowest BCUT2D eigenvalue weighted by molar-refractivity contribution is -0.146. The van der Waals surface area contributed by atoms with Gasteiger partial charge in [0.05, 0.1) is 7.11 Å². The summed E-state index contributed by atoms with van der Waals surface area (Å²) in [6.07, 6.45) is 1.38. The number of carbonyl (C=O) groups is 3. The number of ketones is 1. The van der Waals surface area contributed by atoms with Gasteiger partial charge in [-0.05, 0) is 0 Å². The number of methoxy groups -OCH3 is 1. The Hall–Kier alpha value is -1.65. The molecule has 0 amide bonds. The van der Waals surface area contributed by atoms with Gasteiger partial charge in [0.25, 0.3) is 5.78 Å². The van der Waals surface area contributed by atoms with E-state index in [2.05, 4.69) is 4.74 Å². The third-order valence-electron chi connectivity index (χ3n) is 0.783. The van der Waals surface area contributed by atoms with Gasteiger partial charge in [0, 0.05) is 12.2 Å². The second-order valence-electron chi connectivity index (χ2n) is 1.53. The van der Waals surface area contributed by atoms with Crippen LogP contribution < -0.4 is 0 Å². The van der Waals surface area contributed by atoms with E-state index in [1.165, 1.54) is 0 Å². The van der Waals surface area contributed by atoms with Crippen LogP contribution in [0.1, 0.15) is 0 Å². The SMILES string of the molecule is COC(=O)/C=C/C(=O)C(=O)O. The molecule has 0 aliphatic carbocycles. The number of esters is 1. The average Bonchev–Trinajstić information content (AvgIpc) is 1.99. The molecule has 0 aromatic carbocycles. The molecule has 0 rings (SSSR count). The Bertz CT molecular complexity index is 215. The Morgan fingerprint density at radius 2 is 1.82 bits per heavy atom. The minimum atomic E-state index is -1.61. The van der Waals surface area contributed by atoms with Crippen molar-refractivity contribution < 1.29 is 24.2 Å². The van der Waals surface area contributed by atoms with Crippen LogP contribution in [-0.2, 0) is 19.1 Å². The fourth-order valence-electron chi connectivity index (χ4n) is 0.283. The van der Waals surface area contributed by atoms with Gasteiger partial charge in [0.2, 0.25) is 0 Å². The molecule has 60 valence electrons. The molecule has 0 saturated carbocycles. The van der Waals surface area contributed by atoms with Gasteiger partial charge in [-0.25, -0.2) is 9.59 Å². The van der Waals surface area contributed by atoms with E-state index in [1.807, 2.05) is 0 Å². The van der Waals surface area contributed by atoms with E-state index in [0.29, 0.717) is 6.08 Å². The van der Waals surface area contributed by atoms with Crippen LogP contribution in [0.2, 0.25) is 0 Å². The van der Waals surface area contributed by atoms with Crippen LogP contribution >= 0.6 is 0 Å². The van der Waals surface area contributed by atoms with Gasteiger partial charge in [-0.1, -0.05) is 0 Å². The van der Waals surface area contributed by atoms with Crippen LogP contribution in [0.3, 0.4) is 0 Å². The first kappa shape index (κ1) is 9.35. The fraction of sp³-hybridized carbons (Fsp3) is 0.167. The Morgan fingerprint density at radius 1 is 1.27 bits per heavy atom. The van der Waals surface area contributed by atoms with Gasteiger partial charge in [-0.2, -0.15) is 0 Å². The van der Waals surface area contributed by atoms with Crippen LogP contribution in [0.15, 0.2) is 12.2 Å². The normalized spacial score (nSPS) is 9.55. The van der Waals surface area contributed by atoms with Gasteiger partial charge in [-0.15, -0.1) is 0 Å². The lowest BCUT2D eigenvalue weighted by Gasteiger charge is -1.87. The lowest BCUT2D eigenvalue weighted by atomic mass is 10.3. The quantitative estimate of drug-likeness (QED) is 0.336. The Balaban J connectivity index is 4.04. The Labute approximate surface area is 62.3 Å². The molecule has 5 nitrogen and oxygen atoms in total. The Morgan fingerprint density at radius 3 is 2.18 bits per heavy atom. The van der Waals surface area contributed by atoms with Crippen LogP contribution in [0, 0.1) is 0 Å². The first-order valence-corrected chi connectivity index (χ1v) is 2.61. The van der Waals surface area contributed by atoms with E-state index in [0.717, 1.165) is 13.2 Å². The van der Waals surface area contributed by atoms with Crippen LogP contribution in [-0.4, -0.2) is 29.9 Å². The number of hydrogen-bond acceptors (Lipinski definition) is 4. The number of hydrogen-bond donors (Lipinski definition) is 1. The van der Waals surface area contributed by atoms with Crippen molar-refractivity contribution in [1.82, 2.24) is 0 Å². The average molecular weight is 158 g/mol. The van der Waals surface area contributed by atoms with Crippen molar-refractivity contribution in [2.45, 2.75) is 0 Å². The molecule has 0 unspecified atom stereocenters. The number of carbonyl (C=O) groups excluding carboxylic acids is 2. The summed E-state index contributed by atoms with van der Waals surface area (Å²) in [5.41, 5.74) is 0. The zero-order valence-electron chi connectivity index (χ0n) is 5.73. The number of ether oxygens (including phenoxy) is 1. The number of carboxylic acid groups (broad SMARTS) is 1. The third-order valence-corrected chi connectivity index (χ3v) is 0.783. The number of carboxylic acids is 1.